The fourth-order valence-electron chi connectivity index (χ4n) is 1.80. The number of aromatic nitrogens is 4. The van der Waals surface area contributed by atoms with E-state index in [9.17, 15) is 0 Å². The number of pyridine rings is 1. The molecule has 1 N–H and O–H groups in total. The lowest BCUT2D eigenvalue weighted by molar-refractivity contribution is 0.285. The van der Waals surface area contributed by atoms with E-state index in [1.807, 2.05) is 16.8 Å². The smallest absolute Gasteiger partial charge is 0.164 e. The molecule has 0 amide bonds. The number of nitrogens with one attached hydrogen (secondary N) is 1. The van der Waals surface area contributed by atoms with Crippen LogP contribution in [0, 0.1) is 0 Å². The highest BCUT2D eigenvalue weighted by Crippen LogP contribution is 2.11. The van der Waals surface area contributed by atoms with Crippen molar-refractivity contribution in [3.05, 3.63) is 36.2 Å². The maximum atomic E-state index is 5.69. The third kappa shape index (κ3) is 4.03. The van der Waals surface area contributed by atoms with Crippen LogP contribution < -0.4 is 10.1 Å². The van der Waals surface area contributed by atoms with Gasteiger partial charge in [0.05, 0.1) is 11.9 Å². The van der Waals surface area contributed by atoms with Gasteiger partial charge in [0.15, 0.2) is 5.82 Å². The lowest BCUT2D eigenvalue weighted by Gasteiger charge is -2.07. The molecule has 2 aromatic rings. The molecular formula is C14H21N5O. The van der Waals surface area contributed by atoms with Crippen molar-refractivity contribution in [2.24, 2.45) is 0 Å². The van der Waals surface area contributed by atoms with Crippen LogP contribution in [-0.2, 0) is 19.7 Å². The van der Waals surface area contributed by atoms with Crippen molar-refractivity contribution in [2.45, 2.75) is 40.0 Å². The summed E-state index contributed by atoms with van der Waals surface area (Å²) >= 11 is 0. The maximum absolute atomic E-state index is 5.69. The number of hydrogen-bond acceptors (Lipinski definition) is 5. The number of hydrogen-bond donors (Lipinski definition) is 1. The molecule has 0 aliphatic carbocycles. The van der Waals surface area contributed by atoms with Gasteiger partial charge in [0.25, 0.3) is 0 Å². The van der Waals surface area contributed by atoms with E-state index in [1.165, 1.54) is 0 Å². The minimum Gasteiger partial charge on any atom is -0.484 e. The average molecular weight is 275 g/mol. The van der Waals surface area contributed by atoms with Crippen LogP contribution in [0.2, 0.25) is 0 Å². The molecule has 0 aromatic carbocycles. The quantitative estimate of drug-likeness (QED) is 0.795. The van der Waals surface area contributed by atoms with Gasteiger partial charge in [-0.05, 0) is 25.1 Å². The van der Waals surface area contributed by atoms with Crippen molar-refractivity contribution in [2.75, 3.05) is 6.54 Å². The van der Waals surface area contributed by atoms with Crippen molar-refractivity contribution in [1.82, 2.24) is 25.1 Å². The van der Waals surface area contributed by atoms with E-state index in [0.29, 0.717) is 6.61 Å². The van der Waals surface area contributed by atoms with Gasteiger partial charge in [-0.15, -0.1) is 0 Å². The standard InChI is InChI=1S/C14H21N5O/c1-3-7-19-14(17-11-18-19)10-20-13-6-5-12(16-9-13)8-15-4-2/h5-6,9,11,15H,3-4,7-8,10H2,1-2H3. The van der Waals surface area contributed by atoms with Crippen molar-refractivity contribution < 1.29 is 4.74 Å². The van der Waals surface area contributed by atoms with Gasteiger partial charge in [-0.2, -0.15) is 5.10 Å². The Morgan fingerprint density at radius 1 is 1.25 bits per heavy atom. The molecule has 6 nitrogen and oxygen atoms in total. The predicted molar refractivity (Wildman–Crippen MR) is 76.3 cm³/mol. The van der Waals surface area contributed by atoms with Crippen LogP contribution in [0.15, 0.2) is 24.7 Å². The molecule has 6 heteroatoms. The highest BCUT2D eigenvalue weighted by atomic mass is 16.5. The summed E-state index contributed by atoms with van der Waals surface area (Å²) in [6.45, 7) is 7.17. The molecule has 0 unspecified atom stereocenters. The number of ether oxygens (including phenoxy) is 1. The Hall–Kier alpha value is -1.95. The summed E-state index contributed by atoms with van der Waals surface area (Å²) in [6, 6.07) is 3.90. The Balaban J connectivity index is 1.88. The first-order valence-corrected chi connectivity index (χ1v) is 6.98. The van der Waals surface area contributed by atoms with Crippen LogP contribution in [0.3, 0.4) is 0 Å². The second-order valence-electron chi connectivity index (χ2n) is 4.45. The third-order valence-electron chi connectivity index (χ3n) is 2.85. The first kappa shape index (κ1) is 14.5. The van der Waals surface area contributed by atoms with Crippen molar-refractivity contribution >= 4 is 0 Å². The summed E-state index contributed by atoms with van der Waals surface area (Å²) in [4.78, 5) is 8.55. The molecule has 0 atom stereocenters. The molecule has 20 heavy (non-hydrogen) atoms. The fourth-order valence-corrected chi connectivity index (χ4v) is 1.80. The van der Waals surface area contributed by atoms with Gasteiger partial charge in [0, 0.05) is 13.1 Å². The fraction of sp³-hybridized carbons (Fsp3) is 0.500. The van der Waals surface area contributed by atoms with Gasteiger partial charge in [-0.1, -0.05) is 13.8 Å². The Labute approximate surface area is 119 Å². The molecule has 0 aliphatic heterocycles. The van der Waals surface area contributed by atoms with Gasteiger partial charge in [0.2, 0.25) is 0 Å². The number of rotatable bonds is 8. The number of nitrogens with zero attached hydrogens (tertiary/aromatic N) is 4. The minimum absolute atomic E-state index is 0.411. The third-order valence-corrected chi connectivity index (χ3v) is 2.85. The second kappa shape index (κ2) is 7.59. The summed E-state index contributed by atoms with van der Waals surface area (Å²) in [5.41, 5.74) is 1.01. The Bertz CT molecular complexity index is 509. The molecule has 0 radical (unpaired) electrons. The lowest BCUT2D eigenvalue weighted by Crippen LogP contribution is -2.12. The SMILES string of the molecule is CCCn1ncnc1COc1ccc(CNCC)nc1. The summed E-state index contributed by atoms with van der Waals surface area (Å²) in [5, 5.41) is 7.40. The molecular weight excluding hydrogens is 254 g/mol. The molecule has 0 spiro atoms. The maximum Gasteiger partial charge on any atom is 0.164 e. The van der Waals surface area contributed by atoms with Gasteiger partial charge < -0.3 is 10.1 Å². The van der Waals surface area contributed by atoms with Crippen LogP contribution in [0.25, 0.3) is 0 Å². The van der Waals surface area contributed by atoms with Gasteiger partial charge >= 0.3 is 0 Å². The molecule has 0 fully saturated rings. The topological polar surface area (TPSA) is 64.9 Å². The van der Waals surface area contributed by atoms with Crippen LogP contribution in [0.1, 0.15) is 31.8 Å². The zero-order valence-corrected chi connectivity index (χ0v) is 12.0. The van der Waals surface area contributed by atoms with Crippen molar-refractivity contribution in [1.29, 1.82) is 0 Å². The highest BCUT2D eigenvalue weighted by molar-refractivity contribution is 5.19. The average Bonchev–Trinajstić information content (AvgIpc) is 2.92. The highest BCUT2D eigenvalue weighted by Gasteiger charge is 2.04. The predicted octanol–water partition coefficient (Wildman–Crippen LogP) is 1.77. The van der Waals surface area contributed by atoms with Crippen LogP contribution >= 0.6 is 0 Å². The van der Waals surface area contributed by atoms with E-state index in [0.717, 1.165) is 43.3 Å². The molecule has 0 saturated heterocycles. The molecule has 2 aromatic heterocycles. The normalized spacial score (nSPS) is 10.7. The van der Waals surface area contributed by atoms with Gasteiger partial charge in [-0.3, -0.25) is 4.98 Å². The van der Waals surface area contributed by atoms with Gasteiger partial charge in [0.1, 0.15) is 18.7 Å². The van der Waals surface area contributed by atoms with E-state index in [4.69, 9.17) is 4.74 Å². The Morgan fingerprint density at radius 2 is 2.15 bits per heavy atom. The summed E-state index contributed by atoms with van der Waals surface area (Å²) in [5.74, 6) is 1.58. The largest absolute Gasteiger partial charge is 0.484 e. The Kier molecular flexibility index (Phi) is 5.49. The monoisotopic (exact) mass is 275 g/mol. The second-order valence-corrected chi connectivity index (χ2v) is 4.45. The van der Waals surface area contributed by atoms with Gasteiger partial charge in [-0.25, -0.2) is 9.67 Å². The van der Waals surface area contributed by atoms with Crippen molar-refractivity contribution in [3.8, 4) is 5.75 Å². The van der Waals surface area contributed by atoms with E-state index < -0.39 is 0 Å². The summed E-state index contributed by atoms with van der Waals surface area (Å²) in [6.07, 6.45) is 4.33. The molecule has 0 bridgehead atoms. The van der Waals surface area contributed by atoms with E-state index in [-0.39, 0.29) is 0 Å². The van der Waals surface area contributed by atoms with Crippen LogP contribution in [0.4, 0.5) is 0 Å². The van der Waals surface area contributed by atoms with E-state index >= 15 is 0 Å². The van der Waals surface area contributed by atoms with Crippen molar-refractivity contribution in [3.63, 3.8) is 0 Å². The van der Waals surface area contributed by atoms with E-state index in [1.54, 1.807) is 12.5 Å². The lowest BCUT2D eigenvalue weighted by atomic mass is 10.3. The zero-order chi connectivity index (χ0) is 14.2. The molecule has 2 heterocycles. The first-order chi connectivity index (χ1) is 9.83. The zero-order valence-electron chi connectivity index (χ0n) is 12.0. The molecule has 108 valence electrons. The van der Waals surface area contributed by atoms with Crippen LogP contribution in [-0.4, -0.2) is 26.3 Å². The number of aryl methyl sites for hydroxylation is 1. The Morgan fingerprint density at radius 3 is 2.85 bits per heavy atom. The first-order valence-electron chi connectivity index (χ1n) is 6.98. The summed E-state index contributed by atoms with van der Waals surface area (Å²) in [7, 11) is 0. The van der Waals surface area contributed by atoms with Crippen LogP contribution in [0.5, 0.6) is 5.75 Å². The molecule has 2 rings (SSSR count). The molecule has 0 aliphatic rings. The molecule has 0 saturated carbocycles. The minimum atomic E-state index is 0.411. The summed E-state index contributed by atoms with van der Waals surface area (Å²) < 4.78 is 7.56. The van der Waals surface area contributed by atoms with E-state index in [2.05, 4.69) is 34.2 Å².